The van der Waals surface area contributed by atoms with Crippen molar-refractivity contribution in [2.45, 2.75) is 13.3 Å². The highest BCUT2D eigenvalue weighted by Crippen LogP contribution is 2.19. The van der Waals surface area contributed by atoms with Crippen molar-refractivity contribution in [1.82, 2.24) is 0 Å². The van der Waals surface area contributed by atoms with Crippen molar-refractivity contribution in [2.75, 3.05) is 17.3 Å². The molecule has 0 aliphatic carbocycles. The van der Waals surface area contributed by atoms with E-state index >= 15 is 0 Å². The minimum absolute atomic E-state index is 0.155. The van der Waals surface area contributed by atoms with Crippen molar-refractivity contribution in [3.63, 3.8) is 0 Å². The minimum Gasteiger partial charge on any atom is -0.310 e. The molecule has 0 bridgehead atoms. The molecule has 1 aromatic rings. The first-order chi connectivity index (χ1) is 7.20. The van der Waals surface area contributed by atoms with Crippen molar-refractivity contribution in [3.8, 4) is 0 Å². The second kappa shape index (κ2) is 5.71. The average molecular weight is 230 g/mol. The molecule has 0 atom stereocenters. The fraction of sp³-hybridized carbons (Fsp3) is 0.364. The monoisotopic (exact) mass is 229 g/mol. The van der Waals surface area contributed by atoms with E-state index in [2.05, 4.69) is 0 Å². The third-order valence-corrected chi connectivity index (χ3v) is 2.26. The molecule has 0 aliphatic rings. The van der Waals surface area contributed by atoms with Crippen molar-refractivity contribution in [2.24, 2.45) is 0 Å². The van der Waals surface area contributed by atoms with Crippen molar-refractivity contribution in [3.05, 3.63) is 30.1 Å². The summed E-state index contributed by atoms with van der Waals surface area (Å²) in [6.45, 7) is 2.25. The molecule has 15 heavy (non-hydrogen) atoms. The van der Waals surface area contributed by atoms with Gasteiger partial charge in [0.25, 0.3) is 0 Å². The summed E-state index contributed by atoms with van der Waals surface area (Å²) >= 11 is 5.48. The summed E-state index contributed by atoms with van der Waals surface area (Å²) in [4.78, 5) is 13.0. The molecule has 0 N–H and O–H groups in total. The van der Waals surface area contributed by atoms with Gasteiger partial charge in [0, 0.05) is 18.8 Å². The number of halogens is 2. The van der Waals surface area contributed by atoms with Gasteiger partial charge in [-0.2, -0.15) is 0 Å². The zero-order valence-electron chi connectivity index (χ0n) is 8.54. The molecule has 0 aliphatic heterocycles. The smallest absolute Gasteiger partial charge is 0.228 e. The Morgan fingerprint density at radius 3 is 2.67 bits per heavy atom. The molecule has 1 aromatic carbocycles. The van der Waals surface area contributed by atoms with Gasteiger partial charge in [-0.05, 0) is 19.1 Å². The highest BCUT2D eigenvalue weighted by molar-refractivity contribution is 6.19. The zero-order chi connectivity index (χ0) is 11.3. The largest absolute Gasteiger partial charge is 0.310 e. The quantitative estimate of drug-likeness (QED) is 0.727. The number of amides is 1. The van der Waals surface area contributed by atoms with Crippen LogP contribution in [0.25, 0.3) is 0 Å². The normalized spacial score (nSPS) is 10.1. The summed E-state index contributed by atoms with van der Waals surface area (Å²) in [5.74, 6) is -0.288. The predicted octanol–water partition coefficient (Wildman–Crippen LogP) is 2.81. The van der Waals surface area contributed by atoms with Crippen LogP contribution in [0, 0.1) is 5.82 Å². The van der Waals surface area contributed by atoms with E-state index in [1.54, 1.807) is 25.1 Å². The molecule has 2 nitrogen and oxygen atoms in total. The Balaban J connectivity index is 2.92. The Bertz CT molecular complexity index is 343. The van der Waals surface area contributed by atoms with Crippen molar-refractivity contribution < 1.29 is 9.18 Å². The molecule has 0 heterocycles. The molecule has 0 saturated carbocycles. The molecular formula is C11H13ClFNO. The number of nitrogens with zero attached hydrogens (tertiary/aromatic N) is 1. The highest BCUT2D eigenvalue weighted by atomic mass is 35.5. The van der Waals surface area contributed by atoms with Gasteiger partial charge in [-0.15, -0.1) is 11.6 Å². The van der Waals surface area contributed by atoms with Crippen LogP contribution in [0.5, 0.6) is 0 Å². The van der Waals surface area contributed by atoms with Crippen LogP contribution in [0.4, 0.5) is 10.1 Å². The Morgan fingerprint density at radius 2 is 2.13 bits per heavy atom. The fourth-order valence-corrected chi connectivity index (χ4v) is 1.53. The van der Waals surface area contributed by atoms with E-state index in [0.717, 1.165) is 0 Å². The number of benzene rings is 1. The maximum atomic E-state index is 13.4. The molecule has 0 radical (unpaired) electrons. The topological polar surface area (TPSA) is 20.3 Å². The highest BCUT2D eigenvalue weighted by Gasteiger charge is 2.15. The van der Waals surface area contributed by atoms with Crippen LogP contribution in [0.15, 0.2) is 24.3 Å². The maximum Gasteiger partial charge on any atom is 0.228 e. The summed E-state index contributed by atoms with van der Waals surface area (Å²) < 4.78 is 13.4. The van der Waals surface area contributed by atoms with Gasteiger partial charge in [0.1, 0.15) is 5.82 Å². The number of rotatable bonds is 4. The molecule has 0 unspecified atom stereocenters. The SMILES string of the molecule is CCN(C(=O)CCCl)c1ccccc1F. The molecule has 0 fully saturated rings. The third kappa shape index (κ3) is 2.93. The van der Waals surface area contributed by atoms with Crippen LogP contribution in [0.2, 0.25) is 0 Å². The van der Waals surface area contributed by atoms with Crippen molar-refractivity contribution in [1.29, 1.82) is 0 Å². The Morgan fingerprint density at radius 1 is 1.47 bits per heavy atom. The summed E-state index contributed by atoms with van der Waals surface area (Å²) in [6, 6.07) is 6.23. The number of anilines is 1. The number of carbonyl (C=O) groups excluding carboxylic acids is 1. The Labute approximate surface area is 93.6 Å². The molecule has 0 aromatic heterocycles. The van der Waals surface area contributed by atoms with E-state index in [-0.39, 0.29) is 24.0 Å². The number of hydrogen-bond acceptors (Lipinski definition) is 1. The van der Waals surface area contributed by atoms with E-state index in [1.165, 1.54) is 11.0 Å². The standard InChI is InChI=1S/C11H13ClFNO/c1-2-14(11(15)7-8-12)10-6-4-3-5-9(10)13/h3-6H,2,7-8H2,1H3. The lowest BCUT2D eigenvalue weighted by Gasteiger charge is -2.21. The van der Waals surface area contributed by atoms with Gasteiger partial charge < -0.3 is 4.90 Å². The molecule has 0 spiro atoms. The Kier molecular flexibility index (Phi) is 4.56. The summed E-state index contributed by atoms with van der Waals surface area (Å²) in [5.41, 5.74) is 0.315. The summed E-state index contributed by atoms with van der Waals surface area (Å²) in [7, 11) is 0. The zero-order valence-corrected chi connectivity index (χ0v) is 9.30. The van der Waals surface area contributed by atoms with E-state index in [4.69, 9.17) is 11.6 Å². The van der Waals surface area contributed by atoms with Gasteiger partial charge >= 0.3 is 0 Å². The second-order valence-corrected chi connectivity index (χ2v) is 3.41. The van der Waals surface area contributed by atoms with Crippen LogP contribution in [-0.4, -0.2) is 18.3 Å². The summed E-state index contributed by atoms with van der Waals surface area (Å²) in [6.07, 6.45) is 0.226. The van der Waals surface area contributed by atoms with Crippen LogP contribution >= 0.6 is 11.6 Å². The first kappa shape index (κ1) is 12.0. The molecule has 0 saturated heterocycles. The average Bonchev–Trinajstić information content (AvgIpc) is 2.22. The lowest BCUT2D eigenvalue weighted by atomic mass is 10.2. The Hall–Kier alpha value is -1.09. The predicted molar refractivity (Wildman–Crippen MR) is 59.8 cm³/mol. The van der Waals surface area contributed by atoms with E-state index in [1.807, 2.05) is 0 Å². The van der Waals surface area contributed by atoms with E-state index in [0.29, 0.717) is 12.2 Å². The summed E-state index contributed by atoms with van der Waals surface area (Å²) in [5, 5.41) is 0. The first-order valence-electron chi connectivity index (χ1n) is 4.81. The second-order valence-electron chi connectivity index (χ2n) is 3.03. The van der Waals surface area contributed by atoms with Gasteiger partial charge in [-0.25, -0.2) is 4.39 Å². The van der Waals surface area contributed by atoms with Gasteiger partial charge in [-0.1, -0.05) is 12.1 Å². The lowest BCUT2D eigenvalue weighted by molar-refractivity contribution is -0.118. The number of hydrogen-bond donors (Lipinski definition) is 0. The molecular weight excluding hydrogens is 217 g/mol. The third-order valence-electron chi connectivity index (χ3n) is 2.07. The van der Waals surface area contributed by atoms with Crippen LogP contribution in [0.3, 0.4) is 0 Å². The van der Waals surface area contributed by atoms with Gasteiger partial charge in [-0.3, -0.25) is 4.79 Å². The van der Waals surface area contributed by atoms with Crippen LogP contribution in [0.1, 0.15) is 13.3 Å². The van der Waals surface area contributed by atoms with E-state index in [9.17, 15) is 9.18 Å². The fourth-order valence-electron chi connectivity index (χ4n) is 1.37. The van der Waals surface area contributed by atoms with E-state index < -0.39 is 0 Å². The molecule has 1 rings (SSSR count). The first-order valence-corrected chi connectivity index (χ1v) is 5.35. The van der Waals surface area contributed by atoms with Crippen molar-refractivity contribution >= 4 is 23.2 Å². The number of alkyl halides is 1. The van der Waals surface area contributed by atoms with Gasteiger partial charge in [0.05, 0.1) is 5.69 Å². The van der Waals surface area contributed by atoms with Crippen LogP contribution in [-0.2, 0) is 4.79 Å². The van der Waals surface area contributed by atoms with Gasteiger partial charge in [0.2, 0.25) is 5.91 Å². The molecule has 1 amide bonds. The minimum atomic E-state index is -0.387. The lowest BCUT2D eigenvalue weighted by Crippen LogP contribution is -2.31. The maximum absolute atomic E-state index is 13.4. The van der Waals surface area contributed by atoms with Crippen LogP contribution < -0.4 is 4.90 Å². The van der Waals surface area contributed by atoms with Gasteiger partial charge in [0.15, 0.2) is 0 Å². The molecule has 4 heteroatoms. The molecule has 82 valence electrons. The number of carbonyl (C=O) groups is 1. The number of para-hydroxylation sites is 1.